The number of thioether (sulfide) groups is 1. The normalized spacial score (nSPS) is 29.7. The molecule has 1 fully saturated rings. The summed E-state index contributed by atoms with van der Waals surface area (Å²) in [6.07, 6.45) is 3.87. The molecule has 0 amide bonds. The number of carboxylic acids is 1. The van der Waals surface area contributed by atoms with Gasteiger partial charge in [-0.05, 0) is 31.9 Å². The van der Waals surface area contributed by atoms with Crippen molar-refractivity contribution >= 4 is 17.7 Å². The molecule has 0 saturated carbocycles. The molecule has 0 aromatic rings. The Balaban J connectivity index is 2.63. The third kappa shape index (κ3) is 3.39. The van der Waals surface area contributed by atoms with Crippen LogP contribution in [0.3, 0.4) is 0 Å². The molecule has 0 bridgehead atoms. The number of nitrogens with one attached hydrogen (secondary N) is 1. The third-order valence-corrected chi connectivity index (χ3v) is 4.71. The lowest BCUT2D eigenvalue weighted by Gasteiger charge is -2.36. The van der Waals surface area contributed by atoms with Gasteiger partial charge >= 0.3 is 5.97 Å². The summed E-state index contributed by atoms with van der Waals surface area (Å²) in [6.45, 7) is 6.03. The predicted octanol–water partition coefficient (Wildman–Crippen LogP) is 2.50. The molecule has 0 aromatic heterocycles. The number of aliphatic carboxylic acids is 1. The molecule has 1 aliphatic rings. The standard InChI is InChI=1S/C12H23NO2S/c1-4-7-12(3,11(14)15)13-10-6-5-8-16-9(10)2/h9-10,13H,4-8H2,1-3H3,(H,14,15). The molecule has 0 aliphatic carbocycles. The zero-order valence-electron chi connectivity index (χ0n) is 10.5. The Kier molecular flexibility index (Phi) is 5.12. The summed E-state index contributed by atoms with van der Waals surface area (Å²) < 4.78 is 0. The Bertz CT molecular complexity index is 247. The highest BCUT2D eigenvalue weighted by molar-refractivity contribution is 7.99. The fraction of sp³-hybridized carbons (Fsp3) is 0.917. The fourth-order valence-electron chi connectivity index (χ4n) is 2.26. The van der Waals surface area contributed by atoms with Crippen molar-refractivity contribution in [2.75, 3.05) is 5.75 Å². The summed E-state index contributed by atoms with van der Waals surface area (Å²) >= 11 is 1.94. The van der Waals surface area contributed by atoms with Crippen LogP contribution in [-0.2, 0) is 4.79 Å². The van der Waals surface area contributed by atoms with E-state index in [0.29, 0.717) is 17.7 Å². The lowest BCUT2D eigenvalue weighted by molar-refractivity contribution is -0.144. The zero-order valence-corrected chi connectivity index (χ0v) is 11.3. The topological polar surface area (TPSA) is 49.3 Å². The van der Waals surface area contributed by atoms with Crippen molar-refractivity contribution in [2.24, 2.45) is 0 Å². The van der Waals surface area contributed by atoms with Gasteiger partial charge < -0.3 is 5.11 Å². The van der Waals surface area contributed by atoms with E-state index in [0.717, 1.165) is 12.8 Å². The highest BCUT2D eigenvalue weighted by Crippen LogP contribution is 2.27. The van der Waals surface area contributed by atoms with Crippen molar-refractivity contribution < 1.29 is 9.90 Å². The van der Waals surface area contributed by atoms with Crippen LogP contribution in [0.15, 0.2) is 0 Å². The quantitative estimate of drug-likeness (QED) is 0.781. The van der Waals surface area contributed by atoms with E-state index in [4.69, 9.17) is 0 Å². The minimum absolute atomic E-state index is 0.339. The molecule has 1 heterocycles. The van der Waals surface area contributed by atoms with Crippen LogP contribution in [-0.4, -0.2) is 33.7 Å². The van der Waals surface area contributed by atoms with Gasteiger partial charge in [-0.25, -0.2) is 0 Å². The van der Waals surface area contributed by atoms with Crippen molar-refractivity contribution in [1.82, 2.24) is 5.32 Å². The van der Waals surface area contributed by atoms with E-state index in [1.165, 1.54) is 12.2 Å². The number of hydrogen-bond acceptors (Lipinski definition) is 3. The molecule has 2 N–H and O–H groups in total. The second kappa shape index (κ2) is 5.92. The maximum absolute atomic E-state index is 11.3. The van der Waals surface area contributed by atoms with E-state index in [1.807, 2.05) is 25.6 Å². The number of carbonyl (C=O) groups is 1. The van der Waals surface area contributed by atoms with Gasteiger partial charge in [0.1, 0.15) is 5.54 Å². The Hall–Kier alpha value is -0.220. The molecule has 0 spiro atoms. The SMILES string of the molecule is CCCC(C)(NC1CCCSC1C)C(=O)O. The number of rotatable bonds is 5. The molecule has 3 atom stereocenters. The van der Waals surface area contributed by atoms with E-state index in [2.05, 4.69) is 12.2 Å². The lowest BCUT2D eigenvalue weighted by Crippen LogP contribution is -2.56. The summed E-state index contributed by atoms with van der Waals surface area (Å²) in [5.74, 6) is 0.480. The Labute approximate surface area is 102 Å². The monoisotopic (exact) mass is 245 g/mol. The predicted molar refractivity (Wildman–Crippen MR) is 69.0 cm³/mol. The molecule has 3 unspecified atom stereocenters. The number of hydrogen-bond donors (Lipinski definition) is 2. The summed E-state index contributed by atoms with van der Waals surface area (Å²) in [7, 11) is 0. The molecule has 0 radical (unpaired) electrons. The van der Waals surface area contributed by atoms with Crippen LogP contribution in [0.1, 0.15) is 46.5 Å². The van der Waals surface area contributed by atoms with Gasteiger partial charge in [0, 0.05) is 11.3 Å². The van der Waals surface area contributed by atoms with E-state index in [9.17, 15) is 9.90 Å². The Morgan fingerprint density at radius 2 is 2.31 bits per heavy atom. The number of carboxylic acid groups (broad SMARTS) is 1. The first-order valence-corrected chi connectivity index (χ1v) is 7.17. The third-order valence-electron chi connectivity index (χ3n) is 3.33. The first-order chi connectivity index (χ1) is 7.49. The zero-order chi connectivity index (χ0) is 12.2. The van der Waals surface area contributed by atoms with Crippen LogP contribution >= 0.6 is 11.8 Å². The largest absolute Gasteiger partial charge is 0.480 e. The molecule has 4 heteroatoms. The van der Waals surface area contributed by atoms with Crippen molar-refractivity contribution in [3.8, 4) is 0 Å². The maximum Gasteiger partial charge on any atom is 0.323 e. The second-order valence-electron chi connectivity index (χ2n) is 4.86. The van der Waals surface area contributed by atoms with E-state index in [1.54, 1.807) is 0 Å². The molecular weight excluding hydrogens is 222 g/mol. The Morgan fingerprint density at radius 3 is 2.81 bits per heavy atom. The van der Waals surface area contributed by atoms with Gasteiger partial charge in [0.2, 0.25) is 0 Å². The van der Waals surface area contributed by atoms with Gasteiger partial charge in [-0.1, -0.05) is 20.3 Å². The van der Waals surface area contributed by atoms with Gasteiger partial charge in [-0.3, -0.25) is 10.1 Å². The van der Waals surface area contributed by atoms with Gasteiger partial charge in [-0.2, -0.15) is 11.8 Å². The van der Waals surface area contributed by atoms with Crippen molar-refractivity contribution in [2.45, 2.75) is 63.3 Å². The maximum atomic E-state index is 11.3. The second-order valence-corrected chi connectivity index (χ2v) is 6.34. The van der Waals surface area contributed by atoms with Crippen LogP contribution in [0.4, 0.5) is 0 Å². The van der Waals surface area contributed by atoms with Crippen molar-refractivity contribution in [3.05, 3.63) is 0 Å². The average molecular weight is 245 g/mol. The summed E-state index contributed by atoms with van der Waals surface area (Å²) in [6, 6.07) is 0.339. The van der Waals surface area contributed by atoms with Crippen molar-refractivity contribution in [1.29, 1.82) is 0 Å². The van der Waals surface area contributed by atoms with Crippen LogP contribution in [0.5, 0.6) is 0 Å². The van der Waals surface area contributed by atoms with Gasteiger partial charge in [0.05, 0.1) is 0 Å². The molecule has 1 aliphatic heterocycles. The molecule has 1 rings (SSSR count). The van der Waals surface area contributed by atoms with Crippen LogP contribution in [0, 0.1) is 0 Å². The van der Waals surface area contributed by atoms with E-state index < -0.39 is 11.5 Å². The lowest BCUT2D eigenvalue weighted by atomic mass is 9.93. The average Bonchev–Trinajstić information content (AvgIpc) is 2.21. The van der Waals surface area contributed by atoms with Crippen LogP contribution < -0.4 is 5.32 Å². The van der Waals surface area contributed by atoms with E-state index in [-0.39, 0.29) is 0 Å². The highest BCUT2D eigenvalue weighted by atomic mass is 32.2. The first kappa shape index (κ1) is 13.8. The minimum atomic E-state index is -0.758. The smallest absolute Gasteiger partial charge is 0.323 e. The van der Waals surface area contributed by atoms with Gasteiger partial charge in [0.15, 0.2) is 0 Å². The molecule has 16 heavy (non-hydrogen) atoms. The van der Waals surface area contributed by atoms with Crippen molar-refractivity contribution in [3.63, 3.8) is 0 Å². The summed E-state index contributed by atoms with van der Waals surface area (Å²) in [4.78, 5) is 11.3. The molecule has 0 aromatic carbocycles. The molecular formula is C12H23NO2S. The van der Waals surface area contributed by atoms with E-state index >= 15 is 0 Å². The molecule has 3 nitrogen and oxygen atoms in total. The Morgan fingerprint density at radius 1 is 1.62 bits per heavy atom. The summed E-state index contributed by atoms with van der Waals surface area (Å²) in [5.41, 5.74) is -0.758. The fourth-order valence-corrected chi connectivity index (χ4v) is 3.40. The molecule has 94 valence electrons. The van der Waals surface area contributed by atoms with Crippen LogP contribution in [0.25, 0.3) is 0 Å². The summed E-state index contributed by atoms with van der Waals surface area (Å²) in [5, 5.41) is 13.2. The molecule has 1 saturated heterocycles. The van der Waals surface area contributed by atoms with Gasteiger partial charge in [0.25, 0.3) is 0 Å². The highest BCUT2D eigenvalue weighted by Gasteiger charge is 2.36. The first-order valence-electron chi connectivity index (χ1n) is 6.12. The van der Waals surface area contributed by atoms with Crippen LogP contribution in [0.2, 0.25) is 0 Å². The van der Waals surface area contributed by atoms with Gasteiger partial charge in [-0.15, -0.1) is 0 Å². The minimum Gasteiger partial charge on any atom is -0.480 e.